The highest BCUT2D eigenvalue weighted by Gasteiger charge is 2.27. The van der Waals surface area contributed by atoms with Gasteiger partial charge in [-0.1, -0.05) is 19.3 Å². The van der Waals surface area contributed by atoms with Crippen LogP contribution in [0.5, 0.6) is 0 Å². The Morgan fingerprint density at radius 3 is 2.13 bits per heavy atom. The first-order valence-electron chi connectivity index (χ1n) is 6.77. The zero-order valence-electron chi connectivity index (χ0n) is 10.1. The lowest BCUT2D eigenvalue weighted by atomic mass is 9.87. The molecule has 2 aliphatic rings. The molecule has 0 amide bonds. The van der Waals surface area contributed by atoms with Gasteiger partial charge in [0.25, 0.3) is 0 Å². The number of hydrogen-bond acceptors (Lipinski definition) is 2. The highest BCUT2D eigenvalue weighted by Crippen LogP contribution is 2.27. The number of rotatable bonds is 2. The molecule has 1 aliphatic heterocycles. The Balaban J connectivity index is 1.77. The third-order valence-corrected chi connectivity index (χ3v) is 4.41. The summed E-state index contributed by atoms with van der Waals surface area (Å²) in [6.07, 6.45) is 9.93. The van der Waals surface area contributed by atoms with E-state index in [-0.39, 0.29) is 0 Å². The van der Waals surface area contributed by atoms with Crippen molar-refractivity contribution in [3.05, 3.63) is 0 Å². The molecule has 0 radical (unpaired) electrons. The number of hydrogen-bond donors (Lipinski definition) is 1. The summed E-state index contributed by atoms with van der Waals surface area (Å²) in [5.41, 5.74) is 5.97. The molecule has 1 aliphatic carbocycles. The predicted molar refractivity (Wildman–Crippen MR) is 64.8 cm³/mol. The van der Waals surface area contributed by atoms with Crippen molar-refractivity contribution in [3.63, 3.8) is 0 Å². The van der Waals surface area contributed by atoms with Crippen LogP contribution in [0.1, 0.15) is 51.9 Å². The van der Waals surface area contributed by atoms with Crippen LogP contribution in [0.2, 0.25) is 0 Å². The van der Waals surface area contributed by atoms with Crippen LogP contribution in [0.15, 0.2) is 0 Å². The molecular formula is C13H26N2. The van der Waals surface area contributed by atoms with Gasteiger partial charge in [0, 0.05) is 12.1 Å². The van der Waals surface area contributed by atoms with Crippen LogP contribution in [0.25, 0.3) is 0 Å². The van der Waals surface area contributed by atoms with E-state index in [1.54, 1.807) is 0 Å². The number of piperidine rings is 1. The average Bonchev–Trinajstić information content (AvgIpc) is 2.30. The molecule has 0 aromatic rings. The highest BCUT2D eigenvalue weighted by molar-refractivity contribution is 4.83. The second-order valence-electron chi connectivity index (χ2n) is 5.52. The standard InChI is InChI=1S/C13H26N2/c1-11(14)12-7-9-15(10-8-12)13-5-3-2-4-6-13/h11-13H,2-10,14H2,1H3. The van der Waals surface area contributed by atoms with Crippen molar-refractivity contribution in [1.29, 1.82) is 0 Å². The van der Waals surface area contributed by atoms with Gasteiger partial charge in [0.05, 0.1) is 0 Å². The van der Waals surface area contributed by atoms with E-state index in [1.165, 1.54) is 58.0 Å². The summed E-state index contributed by atoms with van der Waals surface area (Å²) in [4.78, 5) is 2.73. The van der Waals surface area contributed by atoms with Crippen LogP contribution in [-0.4, -0.2) is 30.1 Å². The van der Waals surface area contributed by atoms with E-state index in [0.29, 0.717) is 6.04 Å². The molecule has 1 saturated heterocycles. The molecule has 0 aromatic carbocycles. The number of nitrogens with two attached hydrogens (primary N) is 1. The zero-order valence-corrected chi connectivity index (χ0v) is 10.1. The third kappa shape index (κ3) is 2.94. The summed E-state index contributed by atoms with van der Waals surface area (Å²) in [5.74, 6) is 0.782. The molecule has 1 heterocycles. The normalized spacial score (nSPS) is 29.2. The van der Waals surface area contributed by atoms with E-state index >= 15 is 0 Å². The van der Waals surface area contributed by atoms with Gasteiger partial charge in [-0.3, -0.25) is 0 Å². The molecule has 1 unspecified atom stereocenters. The van der Waals surface area contributed by atoms with Crippen molar-refractivity contribution in [3.8, 4) is 0 Å². The smallest absolute Gasteiger partial charge is 0.00952 e. The van der Waals surface area contributed by atoms with Crippen LogP contribution in [0.4, 0.5) is 0 Å². The molecule has 2 nitrogen and oxygen atoms in total. The highest BCUT2D eigenvalue weighted by atomic mass is 15.2. The van der Waals surface area contributed by atoms with E-state index in [1.807, 2.05) is 0 Å². The maximum Gasteiger partial charge on any atom is 0.00952 e. The van der Waals surface area contributed by atoms with Crippen molar-refractivity contribution in [1.82, 2.24) is 4.90 Å². The summed E-state index contributed by atoms with van der Waals surface area (Å²) in [6.45, 7) is 4.77. The van der Waals surface area contributed by atoms with Crippen LogP contribution in [0, 0.1) is 5.92 Å². The summed E-state index contributed by atoms with van der Waals surface area (Å²) < 4.78 is 0. The fourth-order valence-corrected chi connectivity index (χ4v) is 3.26. The Bertz CT molecular complexity index is 177. The van der Waals surface area contributed by atoms with E-state index in [2.05, 4.69) is 11.8 Å². The van der Waals surface area contributed by atoms with Gasteiger partial charge in [-0.25, -0.2) is 0 Å². The van der Waals surface area contributed by atoms with Crippen molar-refractivity contribution in [2.24, 2.45) is 11.7 Å². The van der Waals surface area contributed by atoms with Gasteiger partial charge in [0.1, 0.15) is 0 Å². The quantitative estimate of drug-likeness (QED) is 0.758. The second-order valence-corrected chi connectivity index (χ2v) is 5.52. The van der Waals surface area contributed by atoms with E-state index < -0.39 is 0 Å². The molecular weight excluding hydrogens is 184 g/mol. The lowest BCUT2D eigenvalue weighted by molar-refractivity contribution is 0.101. The second kappa shape index (κ2) is 5.31. The minimum Gasteiger partial charge on any atom is -0.328 e. The Labute approximate surface area is 94.2 Å². The Hall–Kier alpha value is -0.0800. The minimum absolute atomic E-state index is 0.401. The molecule has 2 heteroatoms. The minimum atomic E-state index is 0.401. The van der Waals surface area contributed by atoms with Gasteiger partial charge in [0.2, 0.25) is 0 Å². The number of likely N-dealkylation sites (tertiary alicyclic amines) is 1. The topological polar surface area (TPSA) is 29.3 Å². The summed E-state index contributed by atoms with van der Waals surface area (Å²) >= 11 is 0. The fraction of sp³-hybridized carbons (Fsp3) is 1.00. The molecule has 1 atom stereocenters. The molecule has 0 bridgehead atoms. The van der Waals surface area contributed by atoms with Gasteiger partial charge in [0.15, 0.2) is 0 Å². The Kier molecular flexibility index (Phi) is 4.04. The van der Waals surface area contributed by atoms with Gasteiger partial charge in [-0.05, 0) is 51.6 Å². The van der Waals surface area contributed by atoms with Crippen LogP contribution in [0.3, 0.4) is 0 Å². The van der Waals surface area contributed by atoms with Gasteiger partial charge >= 0.3 is 0 Å². The lowest BCUT2D eigenvalue weighted by Gasteiger charge is -2.40. The van der Waals surface area contributed by atoms with Gasteiger partial charge in [-0.2, -0.15) is 0 Å². The fourth-order valence-electron chi connectivity index (χ4n) is 3.26. The molecule has 15 heavy (non-hydrogen) atoms. The van der Waals surface area contributed by atoms with E-state index in [9.17, 15) is 0 Å². The lowest BCUT2D eigenvalue weighted by Crippen LogP contribution is -2.45. The molecule has 0 spiro atoms. The molecule has 2 N–H and O–H groups in total. The molecule has 1 saturated carbocycles. The van der Waals surface area contributed by atoms with Crippen molar-refractivity contribution >= 4 is 0 Å². The van der Waals surface area contributed by atoms with E-state index in [0.717, 1.165) is 12.0 Å². The Morgan fingerprint density at radius 1 is 1.00 bits per heavy atom. The van der Waals surface area contributed by atoms with Crippen molar-refractivity contribution < 1.29 is 0 Å². The molecule has 0 aromatic heterocycles. The van der Waals surface area contributed by atoms with E-state index in [4.69, 9.17) is 5.73 Å². The Morgan fingerprint density at radius 2 is 1.60 bits per heavy atom. The largest absolute Gasteiger partial charge is 0.328 e. The SMILES string of the molecule is CC(N)C1CCN(C2CCCCC2)CC1. The first-order valence-corrected chi connectivity index (χ1v) is 6.77. The first kappa shape index (κ1) is 11.4. The summed E-state index contributed by atoms with van der Waals surface area (Å²) in [5, 5.41) is 0. The molecule has 2 rings (SSSR count). The monoisotopic (exact) mass is 210 g/mol. The third-order valence-electron chi connectivity index (χ3n) is 4.41. The van der Waals surface area contributed by atoms with Crippen LogP contribution < -0.4 is 5.73 Å². The zero-order chi connectivity index (χ0) is 10.7. The van der Waals surface area contributed by atoms with Gasteiger partial charge < -0.3 is 10.6 Å². The average molecular weight is 210 g/mol. The maximum absolute atomic E-state index is 5.97. The molecule has 88 valence electrons. The maximum atomic E-state index is 5.97. The predicted octanol–water partition coefficient (Wildman–Crippen LogP) is 2.38. The van der Waals surface area contributed by atoms with Crippen LogP contribution >= 0.6 is 0 Å². The van der Waals surface area contributed by atoms with Crippen LogP contribution in [-0.2, 0) is 0 Å². The summed E-state index contributed by atoms with van der Waals surface area (Å²) in [7, 11) is 0. The first-order chi connectivity index (χ1) is 7.27. The van der Waals surface area contributed by atoms with Crippen molar-refractivity contribution in [2.45, 2.75) is 64.0 Å². The summed E-state index contributed by atoms with van der Waals surface area (Å²) in [6, 6.07) is 1.31. The van der Waals surface area contributed by atoms with Gasteiger partial charge in [-0.15, -0.1) is 0 Å². The number of nitrogens with zero attached hydrogens (tertiary/aromatic N) is 1. The molecule has 2 fully saturated rings. The van der Waals surface area contributed by atoms with Crippen molar-refractivity contribution in [2.75, 3.05) is 13.1 Å².